The van der Waals surface area contributed by atoms with Gasteiger partial charge < -0.3 is 14.8 Å². The second kappa shape index (κ2) is 4.59. The fourth-order valence-corrected chi connectivity index (χ4v) is 2.87. The number of rotatable bonds is 1. The molecule has 2 unspecified atom stereocenters. The van der Waals surface area contributed by atoms with Crippen LogP contribution in [-0.4, -0.2) is 26.1 Å². The van der Waals surface area contributed by atoms with E-state index in [4.69, 9.17) is 4.74 Å². The number of nitrogens with one attached hydrogen (secondary N) is 1. The molecule has 2 aliphatic rings. The van der Waals surface area contributed by atoms with Crippen LogP contribution in [0, 0.1) is 5.92 Å². The van der Waals surface area contributed by atoms with Crippen LogP contribution in [0.2, 0.25) is 0 Å². The second-order valence-corrected chi connectivity index (χ2v) is 4.91. The zero-order valence-corrected chi connectivity index (χ0v) is 10.2. The molecular formula is C13H14F3NO2. The molecule has 0 bridgehead atoms. The van der Waals surface area contributed by atoms with Crippen molar-refractivity contribution >= 4 is 0 Å². The van der Waals surface area contributed by atoms with Crippen LogP contribution in [0.4, 0.5) is 13.2 Å². The minimum atomic E-state index is -4.66. The molecule has 2 aliphatic heterocycles. The normalized spacial score (nSPS) is 26.1. The minimum Gasteiger partial charge on any atom is -0.493 e. The first kappa shape index (κ1) is 12.6. The van der Waals surface area contributed by atoms with Gasteiger partial charge in [-0.2, -0.15) is 0 Å². The van der Waals surface area contributed by atoms with Crippen molar-refractivity contribution in [3.05, 3.63) is 23.8 Å². The summed E-state index contributed by atoms with van der Waals surface area (Å²) >= 11 is 0. The molecule has 104 valence electrons. The molecule has 1 fully saturated rings. The Bertz CT molecular complexity index is 475. The molecule has 0 radical (unpaired) electrons. The molecule has 1 aromatic carbocycles. The summed E-state index contributed by atoms with van der Waals surface area (Å²) in [6.07, 6.45) is -3.74. The minimum absolute atomic E-state index is 0.178. The molecule has 6 heteroatoms. The van der Waals surface area contributed by atoms with Gasteiger partial charge in [-0.25, -0.2) is 0 Å². The Balaban J connectivity index is 1.93. The van der Waals surface area contributed by atoms with Crippen LogP contribution in [0.5, 0.6) is 11.5 Å². The van der Waals surface area contributed by atoms with Gasteiger partial charge in [0, 0.05) is 18.0 Å². The zero-order chi connectivity index (χ0) is 13.5. The first-order valence-corrected chi connectivity index (χ1v) is 6.26. The average Bonchev–Trinajstić information content (AvgIpc) is 2.71. The fraction of sp³-hybridized carbons (Fsp3) is 0.538. The van der Waals surface area contributed by atoms with Crippen LogP contribution < -0.4 is 14.8 Å². The molecule has 1 N–H and O–H groups in total. The van der Waals surface area contributed by atoms with E-state index in [1.54, 1.807) is 6.07 Å². The van der Waals surface area contributed by atoms with Crippen LogP contribution in [0.1, 0.15) is 17.9 Å². The molecule has 0 amide bonds. The number of hydrogen-bond donors (Lipinski definition) is 1. The molecule has 2 atom stereocenters. The van der Waals surface area contributed by atoms with Gasteiger partial charge in [-0.15, -0.1) is 13.2 Å². The number of fused-ring (bicyclic) bond motifs is 3. The van der Waals surface area contributed by atoms with Gasteiger partial charge in [-0.05, 0) is 37.1 Å². The van der Waals surface area contributed by atoms with Crippen molar-refractivity contribution in [2.75, 3.05) is 19.7 Å². The number of halogens is 3. The molecule has 0 aromatic heterocycles. The van der Waals surface area contributed by atoms with Gasteiger partial charge in [-0.3, -0.25) is 0 Å². The van der Waals surface area contributed by atoms with E-state index in [0.29, 0.717) is 18.3 Å². The maximum Gasteiger partial charge on any atom is 0.573 e. The lowest BCUT2D eigenvalue weighted by Gasteiger charge is -2.17. The Morgan fingerprint density at radius 1 is 1.26 bits per heavy atom. The molecule has 3 nitrogen and oxygen atoms in total. The van der Waals surface area contributed by atoms with E-state index < -0.39 is 6.36 Å². The standard InChI is InChI=1S/C13H14F3NO2/c14-13(15,16)19-9-1-2-12-10(5-9)11-7-17-6-8(11)3-4-18-12/h1-2,5,8,11,17H,3-4,6-7H2. The van der Waals surface area contributed by atoms with Crippen LogP contribution in [0.15, 0.2) is 18.2 Å². The summed E-state index contributed by atoms with van der Waals surface area (Å²) in [6.45, 7) is 2.27. The largest absolute Gasteiger partial charge is 0.573 e. The van der Waals surface area contributed by atoms with Crippen molar-refractivity contribution in [2.24, 2.45) is 5.92 Å². The fourth-order valence-electron chi connectivity index (χ4n) is 2.87. The van der Waals surface area contributed by atoms with Gasteiger partial charge in [-0.1, -0.05) is 0 Å². The molecule has 1 saturated heterocycles. The smallest absolute Gasteiger partial charge is 0.493 e. The molecule has 3 rings (SSSR count). The summed E-state index contributed by atoms with van der Waals surface area (Å²) in [6, 6.07) is 4.32. The van der Waals surface area contributed by atoms with Crippen molar-refractivity contribution in [1.82, 2.24) is 5.32 Å². The lowest BCUT2D eigenvalue weighted by molar-refractivity contribution is -0.274. The number of benzene rings is 1. The van der Waals surface area contributed by atoms with Crippen molar-refractivity contribution in [3.8, 4) is 11.5 Å². The quantitative estimate of drug-likeness (QED) is 0.853. The number of hydrogen-bond acceptors (Lipinski definition) is 3. The Morgan fingerprint density at radius 2 is 2.11 bits per heavy atom. The Hall–Kier alpha value is -1.43. The van der Waals surface area contributed by atoms with Gasteiger partial charge in [0.1, 0.15) is 11.5 Å². The molecule has 2 heterocycles. The Labute approximate surface area is 108 Å². The maximum atomic E-state index is 12.3. The lowest BCUT2D eigenvalue weighted by Crippen LogP contribution is -2.17. The van der Waals surface area contributed by atoms with Crippen molar-refractivity contribution < 1.29 is 22.6 Å². The summed E-state index contributed by atoms with van der Waals surface area (Å²) in [5.41, 5.74) is 0.814. The highest BCUT2D eigenvalue weighted by molar-refractivity contribution is 5.44. The average molecular weight is 273 g/mol. The summed E-state index contributed by atoms with van der Waals surface area (Å²) in [7, 11) is 0. The molecule has 0 saturated carbocycles. The van der Waals surface area contributed by atoms with Gasteiger partial charge in [0.05, 0.1) is 6.61 Å². The van der Waals surface area contributed by atoms with E-state index in [2.05, 4.69) is 10.1 Å². The third kappa shape index (κ3) is 2.63. The van der Waals surface area contributed by atoms with Crippen molar-refractivity contribution in [3.63, 3.8) is 0 Å². The van der Waals surface area contributed by atoms with Crippen LogP contribution in [0.25, 0.3) is 0 Å². The van der Waals surface area contributed by atoms with Gasteiger partial charge in [0.15, 0.2) is 0 Å². The summed E-state index contributed by atoms with van der Waals surface area (Å²) < 4.78 is 46.4. The summed E-state index contributed by atoms with van der Waals surface area (Å²) in [5.74, 6) is 1.12. The second-order valence-electron chi connectivity index (χ2n) is 4.91. The molecule has 19 heavy (non-hydrogen) atoms. The van der Waals surface area contributed by atoms with E-state index >= 15 is 0 Å². The summed E-state index contributed by atoms with van der Waals surface area (Å²) in [5, 5.41) is 3.28. The van der Waals surface area contributed by atoms with Crippen LogP contribution in [-0.2, 0) is 0 Å². The highest BCUT2D eigenvalue weighted by atomic mass is 19.4. The van der Waals surface area contributed by atoms with Crippen molar-refractivity contribution in [2.45, 2.75) is 18.7 Å². The van der Waals surface area contributed by atoms with Gasteiger partial charge in [0.2, 0.25) is 0 Å². The third-order valence-electron chi connectivity index (χ3n) is 3.70. The summed E-state index contributed by atoms with van der Waals surface area (Å²) in [4.78, 5) is 0. The predicted octanol–water partition coefficient (Wildman–Crippen LogP) is 2.67. The van der Waals surface area contributed by atoms with E-state index in [0.717, 1.165) is 25.1 Å². The molecule has 0 spiro atoms. The Kier molecular flexibility index (Phi) is 3.05. The molecular weight excluding hydrogens is 259 g/mol. The predicted molar refractivity (Wildman–Crippen MR) is 62.3 cm³/mol. The SMILES string of the molecule is FC(F)(F)Oc1ccc2c(c1)C1CNCC1CCO2. The van der Waals surface area contributed by atoms with E-state index in [-0.39, 0.29) is 11.7 Å². The van der Waals surface area contributed by atoms with E-state index in [1.807, 2.05) is 0 Å². The van der Waals surface area contributed by atoms with Crippen LogP contribution >= 0.6 is 0 Å². The highest BCUT2D eigenvalue weighted by Crippen LogP contribution is 2.41. The lowest BCUT2D eigenvalue weighted by atomic mass is 9.87. The van der Waals surface area contributed by atoms with E-state index in [1.165, 1.54) is 12.1 Å². The molecule has 1 aromatic rings. The maximum absolute atomic E-state index is 12.3. The highest BCUT2D eigenvalue weighted by Gasteiger charge is 2.35. The first-order valence-electron chi connectivity index (χ1n) is 6.26. The van der Waals surface area contributed by atoms with Crippen LogP contribution in [0.3, 0.4) is 0 Å². The third-order valence-corrected chi connectivity index (χ3v) is 3.70. The van der Waals surface area contributed by atoms with Gasteiger partial charge in [0.25, 0.3) is 0 Å². The number of alkyl halides is 3. The topological polar surface area (TPSA) is 30.5 Å². The van der Waals surface area contributed by atoms with Crippen molar-refractivity contribution in [1.29, 1.82) is 0 Å². The Morgan fingerprint density at radius 3 is 2.89 bits per heavy atom. The monoisotopic (exact) mass is 273 g/mol. The molecule has 0 aliphatic carbocycles. The number of ether oxygens (including phenoxy) is 2. The van der Waals surface area contributed by atoms with Gasteiger partial charge >= 0.3 is 6.36 Å². The van der Waals surface area contributed by atoms with E-state index in [9.17, 15) is 13.2 Å². The zero-order valence-electron chi connectivity index (χ0n) is 10.2. The first-order chi connectivity index (χ1) is 9.03.